The zero-order chi connectivity index (χ0) is 27.0. The fourth-order valence-corrected chi connectivity index (χ4v) is 6.03. The van der Waals surface area contributed by atoms with Crippen LogP contribution in [-0.4, -0.2) is 21.7 Å². The second-order valence-electron chi connectivity index (χ2n) is 9.67. The van der Waals surface area contributed by atoms with E-state index in [-0.39, 0.29) is 12.2 Å². The van der Waals surface area contributed by atoms with Crippen molar-refractivity contribution in [3.05, 3.63) is 115 Å². The lowest BCUT2D eigenvalue weighted by Gasteiger charge is -2.25. The zero-order valence-electron chi connectivity index (χ0n) is 22.1. The van der Waals surface area contributed by atoms with E-state index in [9.17, 15) is 9.59 Å². The molecule has 38 heavy (non-hydrogen) atoms. The molecule has 1 aliphatic rings. The van der Waals surface area contributed by atoms with Crippen molar-refractivity contribution in [3.63, 3.8) is 0 Å². The molecule has 7 heteroatoms. The van der Waals surface area contributed by atoms with Gasteiger partial charge in [0.2, 0.25) is 0 Å². The smallest absolute Gasteiger partial charge is 0.338 e. The number of nitrogens with zero attached hydrogens (tertiary/aromatic N) is 3. The number of thiazole rings is 1. The first-order chi connectivity index (χ1) is 18.3. The van der Waals surface area contributed by atoms with Crippen LogP contribution in [0.3, 0.4) is 0 Å². The number of ether oxygens (including phenoxy) is 1. The van der Waals surface area contributed by atoms with E-state index in [1.165, 1.54) is 16.9 Å². The molecule has 0 saturated carbocycles. The van der Waals surface area contributed by atoms with E-state index in [1.54, 1.807) is 11.5 Å². The second-order valence-corrected chi connectivity index (χ2v) is 10.7. The standard InChI is InChI=1S/C31H31N3O3S/c1-6-16-33-18-23(24-10-8-9-11-25(24)33)17-26-29(35)34-28(22-14-12-21(13-15-22)19(3)4)27(30(36)37-7-2)20(5)32-31(34)38-26/h6,8-15,17-19,28H,1,7,16H2,2-5H3/b26-17-/t28-/m1/s1. The van der Waals surface area contributed by atoms with Crippen molar-refractivity contribution in [2.75, 3.05) is 6.61 Å². The zero-order valence-corrected chi connectivity index (χ0v) is 22.9. The van der Waals surface area contributed by atoms with Crippen molar-refractivity contribution < 1.29 is 9.53 Å². The fraction of sp³-hybridized carbons (Fsp3) is 0.258. The summed E-state index contributed by atoms with van der Waals surface area (Å²) in [6.07, 6.45) is 5.82. The van der Waals surface area contributed by atoms with E-state index >= 15 is 0 Å². The maximum Gasteiger partial charge on any atom is 0.338 e. The highest BCUT2D eigenvalue weighted by Gasteiger charge is 2.33. The number of hydrogen-bond acceptors (Lipinski definition) is 5. The molecule has 1 aliphatic heterocycles. The predicted molar refractivity (Wildman–Crippen MR) is 153 cm³/mol. The van der Waals surface area contributed by atoms with Crippen molar-refractivity contribution in [1.29, 1.82) is 0 Å². The van der Waals surface area contributed by atoms with Crippen LogP contribution in [0.25, 0.3) is 17.0 Å². The summed E-state index contributed by atoms with van der Waals surface area (Å²) in [6, 6.07) is 15.6. The van der Waals surface area contributed by atoms with Gasteiger partial charge in [-0.15, -0.1) is 6.58 Å². The molecule has 0 fully saturated rings. The number of benzene rings is 2. The van der Waals surface area contributed by atoms with Gasteiger partial charge in [0.1, 0.15) is 0 Å². The van der Waals surface area contributed by atoms with Gasteiger partial charge in [-0.25, -0.2) is 9.79 Å². The first-order valence-corrected chi connectivity index (χ1v) is 13.6. The molecule has 4 aromatic rings. The lowest BCUT2D eigenvalue weighted by Crippen LogP contribution is -2.39. The summed E-state index contributed by atoms with van der Waals surface area (Å²) in [7, 11) is 0. The van der Waals surface area contributed by atoms with E-state index in [0.29, 0.717) is 33.1 Å². The Morgan fingerprint density at radius 3 is 2.61 bits per heavy atom. The fourth-order valence-electron chi connectivity index (χ4n) is 4.99. The van der Waals surface area contributed by atoms with Crippen LogP contribution in [0.1, 0.15) is 56.3 Å². The molecule has 0 bridgehead atoms. The Labute approximate surface area is 225 Å². The number of allylic oxidation sites excluding steroid dienone is 2. The molecule has 5 rings (SSSR count). The number of fused-ring (bicyclic) bond motifs is 2. The van der Waals surface area contributed by atoms with E-state index in [2.05, 4.69) is 49.3 Å². The minimum Gasteiger partial charge on any atom is -0.463 e. The summed E-state index contributed by atoms with van der Waals surface area (Å²) >= 11 is 1.34. The van der Waals surface area contributed by atoms with Crippen LogP contribution in [0.15, 0.2) is 88.4 Å². The average Bonchev–Trinajstić information content (AvgIpc) is 3.40. The Morgan fingerprint density at radius 1 is 1.18 bits per heavy atom. The topological polar surface area (TPSA) is 65.6 Å². The molecule has 3 heterocycles. The maximum absolute atomic E-state index is 14.0. The molecule has 0 unspecified atom stereocenters. The van der Waals surface area contributed by atoms with Crippen molar-refractivity contribution in [1.82, 2.24) is 9.13 Å². The Hall–Kier alpha value is -3.97. The Balaban J connectivity index is 1.72. The number of esters is 1. The number of para-hydroxylation sites is 1. The van der Waals surface area contributed by atoms with Crippen molar-refractivity contribution in [2.45, 2.75) is 46.2 Å². The normalized spacial score (nSPS) is 15.6. The highest BCUT2D eigenvalue weighted by molar-refractivity contribution is 7.07. The van der Waals surface area contributed by atoms with Crippen LogP contribution in [0, 0.1) is 0 Å². The largest absolute Gasteiger partial charge is 0.463 e. The third-order valence-electron chi connectivity index (χ3n) is 6.87. The van der Waals surface area contributed by atoms with Gasteiger partial charge in [-0.2, -0.15) is 0 Å². The lowest BCUT2D eigenvalue weighted by molar-refractivity contribution is -0.139. The van der Waals surface area contributed by atoms with Gasteiger partial charge in [0.05, 0.1) is 28.5 Å². The molecule has 0 aliphatic carbocycles. The summed E-state index contributed by atoms with van der Waals surface area (Å²) in [6.45, 7) is 12.6. The van der Waals surface area contributed by atoms with Crippen molar-refractivity contribution in [3.8, 4) is 0 Å². The first-order valence-electron chi connectivity index (χ1n) is 12.8. The highest BCUT2D eigenvalue weighted by Crippen LogP contribution is 2.31. The van der Waals surface area contributed by atoms with Crippen LogP contribution >= 0.6 is 11.3 Å². The molecule has 0 saturated heterocycles. The Morgan fingerprint density at radius 2 is 1.92 bits per heavy atom. The van der Waals surface area contributed by atoms with Crippen molar-refractivity contribution >= 4 is 34.3 Å². The van der Waals surface area contributed by atoms with E-state index in [4.69, 9.17) is 9.73 Å². The van der Waals surface area contributed by atoms with Crippen molar-refractivity contribution in [2.24, 2.45) is 4.99 Å². The van der Waals surface area contributed by atoms with Gasteiger partial charge in [-0.05, 0) is 43.0 Å². The molecule has 0 amide bonds. The first kappa shape index (κ1) is 25.7. The highest BCUT2D eigenvalue weighted by atomic mass is 32.1. The quantitative estimate of drug-likeness (QED) is 0.250. The van der Waals surface area contributed by atoms with E-state index < -0.39 is 12.0 Å². The van der Waals surface area contributed by atoms with Gasteiger partial charge in [-0.1, -0.05) is 73.7 Å². The summed E-state index contributed by atoms with van der Waals surface area (Å²) < 4.78 is 9.73. The van der Waals surface area contributed by atoms with Gasteiger partial charge in [0.25, 0.3) is 5.56 Å². The van der Waals surface area contributed by atoms with E-state index in [1.807, 2.05) is 49.5 Å². The summed E-state index contributed by atoms with van der Waals surface area (Å²) in [5.74, 6) is -0.0791. The van der Waals surface area contributed by atoms with Crippen LogP contribution in [0.4, 0.5) is 0 Å². The summed E-state index contributed by atoms with van der Waals surface area (Å²) in [4.78, 5) is 32.4. The summed E-state index contributed by atoms with van der Waals surface area (Å²) in [5, 5.41) is 1.06. The number of hydrogen-bond donors (Lipinski definition) is 0. The molecule has 194 valence electrons. The third kappa shape index (κ3) is 4.47. The number of aromatic nitrogens is 2. The van der Waals surface area contributed by atoms with Gasteiger partial charge in [0, 0.05) is 29.2 Å². The molecule has 0 N–H and O–H groups in total. The minimum atomic E-state index is -0.615. The lowest BCUT2D eigenvalue weighted by atomic mass is 9.93. The molecule has 2 aromatic heterocycles. The van der Waals surface area contributed by atoms with Gasteiger partial charge < -0.3 is 9.30 Å². The van der Waals surface area contributed by atoms with Gasteiger partial charge >= 0.3 is 5.97 Å². The van der Waals surface area contributed by atoms with Crippen LogP contribution in [0.5, 0.6) is 0 Å². The number of carbonyl (C=O) groups is 1. The molecule has 0 spiro atoms. The van der Waals surface area contributed by atoms with Gasteiger partial charge in [0.15, 0.2) is 4.80 Å². The second kappa shape index (κ2) is 10.4. The Bertz CT molecular complexity index is 1750. The molecular weight excluding hydrogens is 494 g/mol. The predicted octanol–water partition coefficient (Wildman–Crippen LogP) is 5.06. The molecular formula is C31H31N3O3S. The minimum absolute atomic E-state index is 0.179. The van der Waals surface area contributed by atoms with E-state index in [0.717, 1.165) is 22.0 Å². The molecule has 2 aromatic carbocycles. The Kier molecular flexibility index (Phi) is 7.04. The SMILES string of the molecule is C=CCn1cc(/C=c2\sc3n(c2=O)[C@H](c2ccc(C(C)C)cc2)C(C(=O)OCC)=C(C)N=3)c2ccccc21. The summed E-state index contributed by atoms with van der Waals surface area (Å²) in [5.41, 5.74) is 4.85. The number of carbonyl (C=O) groups excluding carboxylic acids is 1. The van der Waals surface area contributed by atoms with Gasteiger partial charge in [-0.3, -0.25) is 9.36 Å². The molecule has 6 nitrogen and oxygen atoms in total. The van der Waals surface area contributed by atoms with Crippen LogP contribution < -0.4 is 14.9 Å². The monoisotopic (exact) mass is 525 g/mol. The average molecular weight is 526 g/mol. The maximum atomic E-state index is 14.0. The third-order valence-corrected chi connectivity index (χ3v) is 7.85. The van der Waals surface area contributed by atoms with Crippen LogP contribution in [0.2, 0.25) is 0 Å². The molecule has 1 atom stereocenters. The molecule has 0 radical (unpaired) electrons. The number of rotatable bonds is 7. The van der Waals surface area contributed by atoms with Crippen LogP contribution in [-0.2, 0) is 16.1 Å².